The molecular formula is C11H18O4. The van der Waals surface area contributed by atoms with E-state index in [1.54, 1.807) is 0 Å². The van der Waals surface area contributed by atoms with Crippen molar-refractivity contribution in [3.05, 3.63) is 0 Å². The molecule has 1 rings (SSSR count). The standard InChI is InChI=1S/C11H18O4/c1-2-3-4-7-10(12)15-9-6-5-8-14-11(9)13/h9H,2-8H2,1H3. The molecular weight excluding hydrogens is 196 g/mol. The zero-order chi connectivity index (χ0) is 11.1. The van der Waals surface area contributed by atoms with Crippen molar-refractivity contribution in [1.29, 1.82) is 0 Å². The van der Waals surface area contributed by atoms with E-state index < -0.39 is 12.1 Å². The van der Waals surface area contributed by atoms with Crippen molar-refractivity contribution < 1.29 is 19.1 Å². The molecule has 0 aromatic rings. The summed E-state index contributed by atoms with van der Waals surface area (Å²) in [6, 6.07) is 0. The van der Waals surface area contributed by atoms with E-state index in [4.69, 9.17) is 9.47 Å². The smallest absolute Gasteiger partial charge is 0.347 e. The fourth-order valence-electron chi connectivity index (χ4n) is 1.50. The normalized spacial score (nSPS) is 20.9. The molecule has 4 heteroatoms. The molecule has 0 saturated carbocycles. The average molecular weight is 214 g/mol. The van der Waals surface area contributed by atoms with Gasteiger partial charge in [0.1, 0.15) is 0 Å². The number of carbonyl (C=O) groups is 2. The first-order chi connectivity index (χ1) is 7.24. The minimum absolute atomic E-state index is 0.285. The van der Waals surface area contributed by atoms with Crippen molar-refractivity contribution in [2.24, 2.45) is 0 Å². The van der Waals surface area contributed by atoms with Crippen LogP contribution in [-0.4, -0.2) is 24.6 Å². The molecule has 0 aliphatic carbocycles. The Morgan fingerprint density at radius 2 is 2.33 bits per heavy atom. The van der Waals surface area contributed by atoms with Crippen molar-refractivity contribution in [3.8, 4) is 0 Å². The van der Waals surface area contributed by atoms with Crippen molar-refractivity contribution in [2.45, 2.75) is 51.6 Å². The molecule has 0 radical (unpaired) electrons. The number of unbranched alkanes of at least 4 members (excludes halogenated alkanes) is 2. The highest BCUT2D eigenvalue weighted by molar-refractivity contribution is 5.79. The van der Waals surface area contributed by atoms with Gasteiger partial charge in [-0.1, -0.05) is 19.8 Å². The predicted octanol–water partition coefficient (Wildman–Crippen LogP) is 1.82. The van der Waals surface area contributed by atoms with Gasteiger partial charge in [0.2, 0.25) is 0 Å². The lowest BCUT2D eigenvalue weighted by Gasteiger charge is -2.20. The summed E-state index contributed by atoms with van der Waals surface area (Å²) in [4.78, 5) is 22.5. The molecule has 1 fully saturated rings. The molecule has 1 atom stereocenters. The molecule has 4 nitrogen and oxygen atoms in total. The monoisotopic (exact) mass is 214 g/mol. The number of ether oxygens (including phenoxy) is 2. The largest absolute Gasteiger partial charge is 0.463 e. The third-order valence-electron chi connectivity index (χ3n) is 2.38. The molecule has 86 valence electrons. The molecule has 0 amide bonds. The number of hydrogen-bond donors (Lipinski definition) is 0. The van der Waals surface area contributed by atoms with Crippen LogP contribution in [0.25, 0.3) is 0 Å². The highest BCUT2D eigenvalue weighted by Gasteiger charge is 2.27. The second-order valence-corrected chi connectivity index (χ2v) is 3.75. The van der Waals surface area contributed by atoms with E-state index in [-0.39, 0.29) is 5.97 Å². The Balaban J connectivity index is 2.21. The zero-order valence-corrected chi connectivity index (χ0v) is 9.16. The number of hydrogen-bond acceptors (Lipinski definition) is 4. The van der Waals surface area contributed by atoms with Gasteiger partial charge in [-0.05, 0) is 19.3 Å². The minimum atomic E-state index is -0.659. The predicted molar refractivity (Wildman–Crippen MR) is 54.2 cm³/mol. The summed E-state index contributed by atoms with van der Waals surface area (Å²) in [6.45, 7) is 2.52. The second kappa shape index (κ2) is 6.43. The first kappa shape index (κ1) is 12.0. The lowest BCUT2D eigenvalue weighted by atomic mass is 10.1. The summed E-state index contributed by atoms with van der Waals surface area (Å²) in [5, 5.41) is 0. The molecule has 0 spiro atoms. The zero-order valence-electron chi connectivity index (χ0n) is 9.16. The third-order valence-corrected chi connectivity index (χ3v) is 2.38. The van der Waals surface area contributed by atoms with Crippen LogP contribution in [0.2, 0.25) is 0 Å². The number of esters is 2. The Kier molecular flexibility index (Phi) is 5.15. The van der Waals surface area contributed by atoms with E-state index in [0.29, 0.717) is 19.4 Å². The molecule has 1 saturated heterocycles. The number of rotatable bonds is 5. The van der Waals surface area contributed by atoms with Gasteiger partial charge in [-0.3, -0.25) is 4.79 Å². The highest BCUT2D eigenvalue weighted by Crippen LogP contribution is 2.13. The van der Waals surface area contributed by atoms with E-state index in [9.17, 15) is 9.59 Å². The summed E-state index contributed by atoms with van der Waals surface area (Å²) in [5.41, 5.74) is 0. The van der Waals surface area contributed by atoms with Crippen molar-refractivity contribution >= 4 is 11.9 Å². The van der Waals surface area contributed by atoms with Crippen LogP contribution >= 0.6 is 0 Å². The average Bonchev–Trinajstić information content (AvgIpc) is 2.22. The Morgan fingerprint density at radius 3 is 3.00 bits per heavy atom. The quantitative estimate of drug-likeness (QED) is 0.517. The number of cyclic esters (lactones) is 1. The maximum Gasteiger partial charge on any atom is 0.347 e. The topological polar surface area (TPSA) is 52.6 Å². The van der Waals surface area contributed by atoms with E-state index in [2.05, 4.69) is 6.92 Å². The van der Waals surface area contributed by atoms with Crippen LogP contribution in [0.1, 0.15) is 45.4 Å². The fourth-order valence-corrected chi connectivity index (χ4v) is 1.50. The Labute approximate surface area is 89.9 Å². The van der Waals surface area contributed by atoms with Gasteiger partial charge in [-0.25, -0.2) is 4.79 Å². The second-order valence-electron chi connectivity index (χ2n) is 3.75. The molecule has 1 aliphatic rings. The summed E-state index contributed by atoms with van der Waals surface area (Å²) in [6.07, 6.45) is 4.03. The van der Waals surface area contributed by atoms with Gasteiger partial charge in [0, 0.05) is 6.42 Å². The van der Waals surface area contributed by atoms with E-state index in [1.807, 2.05) is 0 Å². The summed E-state index contributed by atoms with van der Waals surface area (Å²) in [7, 11) is 0. The molecule has 1 aliphatic heterocycles. The van der Waals surface area contributed by atoms with Gasteiger partial charge < -0.3 is 9.47 Å². The third kappa shape index (κ3) is 4.32. The first-order valence-electron chi connectivity index (χ1n) is 5.60. The summed E-state index contributed by atoms with van der Waals surface area (Å²) < 4.78 is 9.84. The van der Waals surface area contributed by atoms with Gasteiger partial charge in [0.25, 0.3) is 0 Å². The molecule has 0 N–H and O–H groups in total. The Morgan fingerprint density at radius 1 is 1.53 bits per heavy atom. The summed E-state index contributed by atoms with van der Waals surface area (Å²) in [5.74, 6) is -0.683. The lowest BCUT2D eigenvalue weighted by molar-refractivity contribution is -0.172. The van der Waals surface area contributed by atoms with E-state index in [0.717, 1.165) is 25.7 Å². The maximum atomic E-state index is 11.3. The van der Waals surface area contributed by atoms with E-state index >= 15 is 0 Å². The van der Waals surface area contributed by atoms with Crippen LogP contribution in [0.4, 0.5) is 0 Å². The van der Waals surface area contributed by atoms with Crippen LogP contribution in [0.5, 0.6) is 0 Å². The highest BCUT2D eigenvalue weighted by atomic mass is 16.6. The van der Waals surface area contributed by atoms with Gasteiger partial charge in [0.15, 0.2) is 6.10 Å². The van der Waals surface area contributed by atoms with Crippen molar-refractivity contribution in [2.75, 3.05) is 6.61 Å². The van der Waals surface area contributed by atoms with Crippen molar-refractivity contribution in [3.63, 3.8) is 0 Å². The number of carbonyl (C=O) groups excluding carboxylic acids is 2. The van der Waals surface area contributed by atoms with Crippen LogP contribution in [-0.2, 0) is 19.1 Å². The maximum absolute atomic E-state index is 11.3. The van der Waals surface area contributed by atoms with Crippen LogP contribution in [0.15, 0.2) is 0 Å². The Bertz CT molecular complexity index is 225. The SMILES string of the molecule is CCCCCC(=O)OC1CCCOC1=O. The molecule has 1 unspecified atom stereocenters. The van der Waals surface area contributed by atoms with Crippen LogP contribution in [0, 0.1) is 0 Å². The first-order valence-corrected chi connectivity index (χ1v) is 5.60. The molecule has 15 heavy (non-hydrogen) atoms. The van der Waals surface area contributed by atoms with Crippen molar-refractivity contribution in [1.82, 2.24) is 0 Å². The lowest BCUT2D eigenvalue weighted by Crippen LogP contribution is -2.33. The van der Waals surface area contributed by atoms with Gasteiger partial charge in [0.05, 0.1) is 6.61 Å². The molecule has 1 heterocycles. The van der Waals surface area contributed by atoms with Gasteiger partial charge in [-0.15, -0.1) is 0 Å². The van der Waals surface area contributed by atoms with Crippen LogP contribution in [0.3, 0.4) is 0 Å². The summed E-state index contributed by atoms with van der Waals surface area (Å²) >= 11 is 0. The molecule has 0 aromatic carbocycles. The fraction of sp³-hybridized carbons (Fsp3) is 0.818. The van der Waals surface area contributed by atoms with E-state index in [1.165, 1.54) is 0 Å². The molecule has 0 aromatic heterocycles. The Hall–Kier alpha value is -1.06. The molecule has 0 bridgehead atoms. The van der Waals surface area contributed by atoms with Gasteiger partial charge >= 0.3 is 11.9 Å². The minimum Gasteiger partial charge on any atom is -0.463 e. The van der Waals surface area contributed by atoms with Crippen LogP contribution < -0.4 is 0 Å². The van der Waals surface area contributed by atoms with Gasteiger partial charge in [-0.2, -0.15) is 0 Å².